The highest BCUT2D eigenvalue weighted by molar-refractivity contribution is 6.05. The van der Waals surface area contributed by atoms with Crippen LogP contribution in [-0.4, -0.2) is 59.1 Å². The van der Waals surface area contributed by atoms with Crippen LogP contribution >= 0.6 is 0 Å². The Morgan fingerprint density at radius 2 is 1.78 bits per heavy atom. The van der Waals surface area contributed by atoms with Gasteiger partial charge in [0.15, 0.2) is 5.82 Å². The Balaban J connectivity index is 1.21. The Kier molecular flexibility index (Phi) is 7.07. The number of likely N-dealkylation sites (tertiary alicyclic amines) is 1. The zero-order chi connectivity index (χ0) is 31.2. The lowest BCUT2D eigenvalue weighted by molar-refractivity contribution is 0.102. The fourth-order valence-electron chi connectivity index (χ4n) is 6.65. The van der Waals surface area contributed by atoms with E-state index in [1.54, 1.807) is 21.3 Å². The van der Waals surface area contributed by atoms with Crippen LogP contribution in [0.5, 0.6) is 0 Å². The first-order valence-corrected chi connectivity index (χ1v) is 14.9. The van der Waals surface area contributed by atoms with Crippen molar-refractivity contribution < 1.29 is 19.1 Å². The molecule has 2 aliphatic heterocycles. The van der Waals surface area contributed by atoms with Gasteiger partial charge in [-0.1, -0.05) is 18.2 Å². The second-order valence-corrected chi connectivity index (χ2v) is 11.4. The maximum absolute atomic E-state index is 15.8. The van der Waals surface area contributed by atoms with E-state index < -0.39 is 23.4 Å². The number of carbonyl (C=O) groups is 2. The van der Waals surface area contributed by atoms with Crippen LogP contribution in [0.2, 0.25) is 0 Å². The molecule has 0 radical (unpaired) electrons. The topological polar surface area (TPSA) is 153 Å². The molecule has 0 aliphatic carbocycles. The van der Waals surface area contributed by atoms with Gasteiger partial charge in [-0.2, -0.15) is 5.10 Å². The predicted octanol–water partition coefficient (Wildman–Crippen LogP) is 4.52. The van der Waals surface area contributed by atoms with Crippen LogP contribution in [0, 0.1) is 5.82 Å². The van der Waals surface area contributed by atoms with Gasteiger partial charge in [0.25, 0.3) is 11.5 Å². The molecular formula is C32H31FN8O4. The number of benzene rings is 2. The molecule has 230 valence electrons. The van der Waals surface area contributed by atoms with E-state index in [0.29, 0.717) is 61.4 Å². The first kappa shape index (κ1) is 28.3. The molecule has 2 aliphatic rings. The Morgan fingerprint density at radius 1 is 1.00 bits per heavy atom. The summed E-state index contributed by atoms with van der Waals surface area (Å²) in [5.74, 6) is -1.02. The average Bonchev–Trinajstić information content (AvgIpc) is 3.57. The number of hydrogen-bond acceptors (Lipinski definition) is 6. The van der Waals surface area contributed by atoms with Gasteiger partial charge in [0.2, 0.25) is 0 Å². The number of fused-ring (bicyclic) bond motifs is 2. The molecule has 0 spiro atoms. The average molecular weight is 611 g/mol. The molecule has 0 saturated carbocycles. The van der Waals surface area contributed by atoms with Crippen molar-refractivity contribution in [2.24, 2.45) is 0 Å². The predicted molar refractivity (Wildman–Crippen MR) is 165 cm³/mol. The highest BCUT2D eigenvalue weighted by Crippen LogP contribution is 2.38. The van der Waals surface area contributed by atoms with E-state index in [4.69, 9.17) is 5.73 Å². The molecule has 5 aromatic rings. The smallest absolute Gasteiger partial charge is 0.407 e. The zero-order valence-electron chi connectivity index (χ0n) is 24.3. The minimum atomic E-state index is -0.950. The summed E-state index contributed by atoms with van der Waals surface area (Å²) in [6.07, 6.45) is 3.91. The van der Waals surface area contributed by atoms with Crippen molar-refractivity contribution >= 4 is 29.0 Å². The van der Waals surface area contributed by atoms with E-state index in [-0.39, 0.29) is 28.6 Å². The van der Waals surface area contributed by atoms with Gasteiger partial charge in [-0.15, -0.1) is 0 Å². The normalized spacial score (nSPS) is 15.3. The summed E-state index contributed by atoms with van der Waals surface area (Å²) in [7, 11) is 0. The lowest BCUT2D eigenvalue weighted by atomic mass is 9.93. The summed E-state index contributed by atoms with van der Waals surface area (Å²) in [5, 5.41) is 16.5. The molecular weight excluding hydrogens is 579 g/mol. The molecule has 3 aromatic heterocycles. The summed E-state index contributed by atoms with van der Waals surface area (Å²) >= 11 is 0. The number of nitrogens with two attached hydrogens (primary N) is 1. The van der Waals surface area contributed by atoms with Gasteiger partial charge >= 0.3 is 6.09 Å². The van der Waals surface area contributed by atoms with Gasteiger partial charge in [-0.05, 0) is 68.5 Å². The molecule has 4 N–H and O–H groups in total. The Bertz CT molecular complexity index is 2010. The van der Waals surface area contributed by atoms with Crippen LogP contribution in [0.3, 0.4) is 0 Å². The molecule has 12 nitrogen and oxygen atoms in total. The number of aromatic nitrogens is 5. The van der Waals surface area contributed by atoms with E-state index in [0.717, 1.165) is 18.5 Å². The standard InChI is InChI=1S/C32H31FN8O4/c33-24-16-20(37-30(42)27-25-8-4-5-13-39(25)41(31(27)43)21-6-2-1-3-7-21)9-10-22(24)23-17-26(40-28(23)29(34)35-18-36-40)19-11-14-38(15-12-19)32(44)45/h1-3,6-7,9-10,16-19H,4-5,8,11-15H2,(H,37,42)(H,44,45)(H2,34,35,36). The van der Waals surface area contributed by atoms with Gasteiger partial charge < -0.3 is 21.1 Å². The number of nitrogens with zero attached hydrogens (tertiary/aromatic N) is 6. The third-order valence-electron chi connectivity index (χ3n) is 8.82. The fourth-order valence-corrected chi connectivity index (χ4v) is 6.65. The first-order chi connectivity index (χ1) is 21.8. The number of halogens is 1. The van der Waals surface area contributed by atoms with Crippen molar-refractivity contribution in [3.05, 3.63) is 94.0 Å². The van der Waals surface area contributed by atoms with Gasteiger partial charge in [-0.25, -0.2) is 23.4 Å². The highest BCUT2D eigenvalue weighted by Gasteiger charge is 2.30. The van der Waals surface area contributed by atoms with Gasteiger partial charge in [0, 0.05) is 48.1 Å². The first-order valence-electron chi connectivity index (χ1n) is 14.9. The zero-order valence-corrected chi connectivity index (χ0v) is 24.3. The molecule has 2 aromatic carbocycles. The summed E-state index contributed by atoms with van der Waals surface area (Å²) in [6.45, 7) is 1.38. The van der Waals surface area contributed by atoms with Crippen LogP contribution in [0.15, 0.2) is 65.7 Å². The van der Waals surface area contributed by atoms with E-state index in [2.05, 4.69) is 15.4 Å². The highest BCUT2D eigenvalue weighted by atomic mass is 19.1. The van der Waals surface area contributed by atoms with Crippen molar-refractivity contribution in [3.8, 4) is 16.8 Å². The maximum atomic E-state index is 15.8. The quantitative estimate of drug-likeness (QED) is 0.265. The Labute approximate surface area is 256 Å². The molecule has 0 bridgehead atoms. The molecule has 2 amide bonds. The van der Waals surface area contributed by atoms with Crippen molar-refractivity contribution in [3.63, 3.8) is 0 Å². The van der Waals surface area contributed by atoms with Crippen molar-refractivity contribution in [1.82, 2.24) is 28.9 Å². The monoisotopic (exact) mass is 610 g/mol. The summed E-state index contributed by atoms with van der Waals surface area (Å²) in [4.78, 5) is 44.0. The van der Waals surface area contributed by atoms with Crippen molar-refractivity contribution in [1.29, 1.82) is 0 Å². The van der Waals surface area contributed by atoms with E-state index in [1.165, 1.54) is 17.3 Å². The minimum Gasteiger partial charge on any atom is -0.465 e. The van der Waals surface area contributed by atoms with Crippen LogP contribution in [-0.2, 0) is 13.0 Å². The number of carboxylic acid groups (broad SMARTS) is 1. The molecule has 45 heavy (non-hydrogen) atoms. The van der Waals surface area contributed by atoms with E-state index >= 15 is 4.39 Å². The number of carbonyl (C=O) groups excluding carboxylic acids is 1. The molecule has 5 heterocycles. The Hall–Kier alpha value is -5.46. The lowest BCUT2D eigenvalue weighted by Gasteiger charge is -2.29. The number of nitrogen functional groups attached to an aromatic ring is 1. The molecule has 1 fully saturated rings. The molecule has 7 rings (SSSR count). The number of hydrogen-bond donors (Lipinski definition) is 3. The van der Waals surface area contributed by atoms with Gasteiger partial charge in [-0.3, -0.25) is 14.3 Å². The van der Waals surface area contributed by atoms with Gasteiger partial charge in [0.1, 0.15) is 23.2 Å². The molecule has 0 atom stereocenters. The number of piperidine rings is 1. The third-order valence-corrected chi connectivity index (χ3v) is 8.82. The minimum absolute atomic E-state index is 0.00829. The van der Waals surface area contributed by atoms with Crippen molar-refractivity contribution in [2.45, 2.75) is 44.6 Å². The fraction of sp³-hybridized carbons (Fsp3) is 0.281. The molecule has 1 saturated heterocycles. The largest absolute Gasteiger partial charge is 0.465 e. The lowest BCUT2D eigenvalue weighted by Crippen LogP contribution is -2.37. The van der Waals surface area contributed by atoms with Crippen molar-refractivity contribution in [2.75, 3.05) is 24.1 Å². The number of amides is 2. The third kappa shape index (κ3) is 4.89. The van der Waals surface area contributed by atoms with E-state index in [9.17, 15) is 19.5 Å². The maximum Gasteiger partial charge on any atom is 0.407 e. The number of para-hydroxylation sites is 1. The molecule has 0 unspecified atom stereocenters. The number of rotatable bonds is 5. The Morgan fingerprint density at radius 3 is 2.51 bits per heavy atom. The second kappa shape index (κ2) is 11.2. The van der Waals surface area contributed by atoms with Crippen LogP contribution < -0.4 is 16.6 Å². The van der Waals surface area contributed by atoms with Crippen LogP contribution in [0.25, 0.3) is 22.3 Å². The molecule has 13 heteroatoms. The number of nitrogens with one attached hydrogen (secondary N) is 1. The SMILES string of the molecule is Nc1ncnn2c(C3CCN(C(=O)O)CC3)cc(-c3ccc(NC(=O)c4c5n(n(-c6ccccc6)c4=O)CCCC5)cc3F)c12. The summed E-state index contributed by atoms with van der Waals surface area (Å²) in [6, 6.07) is 15.4. The van der Waals surface area contributed by atoms with Gasteiger partial charge in [0.05, 0.1) is 11.4 Å². The second-order valence-electron chi connectivity index (χ2n) is 11.4. The summed E-state index contributed by atoms with van der Waals surface area (Å²) < 4.78 is 20.9. The van der Waals surface area contributed by atoms with Crippen LogP contribution in [0.1, 0.15) is 53.3 Å². The van der Waals surface area contributed by atoms with Crippen LogP contribution in [0.4, 0.5) is 20.7 Å². The van der Waals surface area contributed by atoms with E-state index in [1.807, 2.05) is 41.1 Å². The summed E-state index contributed by atoms with van der Waals surface area (Å²) in [5.41, 5.74) is 9.43. The number of anilines is 2.